The van der Waals surface area contributed by atoms with Gasteiger partial charge in [-0.1, -0.05) is 24.4 Å². The maximum atomic E-state index is 9.61. The van der Waals surface area contributed by atoms with Crippen LogP contribution in [0, 0.1) is 5.41 Å². The summed E-state index contributed by atoms with van der Waals surface area (Å²) < 4.78 is 1.62. The number of rotatable bonds is 4. The number of fused-ring (bicyclic) bond motifs is 1. The summed E-state index contributed by atoms with van der Waals surface area (Å²) in [5.41, 5.74) is -0.0251. The highest BCUT2D eigenvalue weighted by atomic mass is 35.5. The Bertz CT molecular complexity index is 579. The molecular formula is C12H16ClN5O. The first-order chi connectivity index (χ1) is 9.22. The van der Waals surface area contributed by atoms with Crippen LogP contribution in [0.2, 0.25) is 5.15 Å². The van der Waals surface area contributed by atoms with Crippen LogP contribution in [0.5, 0.6) is 0 Å². The first kappa shape index (κ1) is 12.6. The van der Waals surface area contributed by atoms with Crippen LogP contribution < -0.4 is 5.32 Å². The average Bonchev–Trinajstić information content (AvgIpc) is 3.05. The summed E-state index contributed by atoms with van der Waals surface area (Å²) in [6.07, 6.45) is 5.91. The molecule has 0 saturated heterocycles. The van der Waals surface area contributed by atoms with E-state index >= 15 is 0 Å². The van der Waals surface area contributed by atoms with Crippen molar-refractivity contribution >= 4 is 23.2 Å². The van der Waals surface area contributed by atoms with Gasteiger partial charge < -0.3 is 10.4 Å². The lowest BCUT2D eigenvalue weighted by Crippen LogP contribution is -2.31. The van der Waals surface area contributed by atoms with Gasteiger partial charge in [-0.2, -0.15) is 19.6 Å². The zero-order valence-corrected chi connectivity index (χ0v) is 11.3. The Morgan fingerprint density at radius 2 is 2.21 bits per heavy atom. The summed E-state index contributed by atoms with van der Waals surface area (Å²) >= 11 is 5.96. The van der Waals surface area contributed by atoms with Crippen molar-refractivity contribution in [3.05, 3.63) is 17.5 Å². The van der Waals surface area contributed by atoms with Crippen molar-refractivity contribution in [2.24, 2.45) is 5.41 Å². The Labute approximate surface area is 115 Å². The van der Waals surface area contributed by atoms with Gasteiger partial charge in [0.05, 0.1) is 6.61 Å². The van der Waals surface area contributed by atoms with E-state index in [0.717, 1.165) is 18.7 Å². The van der Waals surface area contributed by atoms with E-state index in [1.165, 1.54) is 19.2 Å². The maximum absolute atomic E-state index is 9.61. The molecule has 6 nitrogen and oxygen atoms in total. The highest BCUT2D eigenvalue weighted by Gasteiger charge is 2.33. The second-order valence-electron chi connectivity index (χ2n) is 5.15. The van der Waals surface area contributed by atoms with E-state index in [9.17, 15) is 5.11 Å². The molecule has 3 rings (SSSR count). The van der Waals surface area contributed by atoms with Crippen LogP contribution in [-0.2, 0) is 0 Å². The number of aromatic nitrogens is 4. The number of anilines is 1. The first-order valence-corrected chi connectivity index (χ1v) is 6.81. The second-order valence-corrected chi connectivity index (χ2v) is 5.54. The Balaban J connectivity index is 1.83. The normalized spacial score (nSPS) is 18.0. The monoisotopic (exact) mass is 281 g/mol. The minimum Gasteiger partial charge on any atom is -0.396 e. The lowest BCUT2D eigenvalue weighted by molar-refractivity contribution is 0.142. The Morgan fingerprint density at radius 1 is 1.42 bits per heavy atom. The molecule has 102 valence electrons. The molecule has 0 spiro atoms. The number of halogens is 1. The van der Waals surface area contributed by atoms with Gasteiger partial charge in [-0.25, -0.2) is 0 Å². The van der Waals surface area contributed by atoms with Crippen molar-refractivity contribution in [2.75, 3.05) is 18.5 Å². The van der Waals surface area contributed by atoms with Crippen LogP contribution in [0.1, 0.15) is 25.7 Å². The minimum atomic E-state index is -0.0251. The van der Waals surface area contributed by atoms with Crippen LogP contribution in [0.15, 0.2) is 12.4 Å². The van der Waals surface area contributed by atoms with E-state index < -0.39 is 0 Å². The summed E-state index contributed by atoms with van der Waals surface area (Å²) in [7, 11) is 0. The minimum absolute atomic E-state index is 0.0251. The van der Waals surface area contributed by atoms with E-state index in [1.54, 1.807) is 10.6 Å². The van der Waals surface area contributed by atoms with Crippen LogP contribution in [0.25, 0.3) is 5.78 Å². The fourth-order valence-electron chi connectivity index (χ4n) is 2.70. The Morgan fingerprint density at radius 3 is 2.95 bits per heavy atom. The number of nitrogens with zero attached hydrogens (tertiary/aromatic N) is 4. The molecule has 1 saturated carbocycles. The van der Waals surface area contributed by atoms with Gasteiger partial charge in [0.25, 0.3) is 5.78 Å². The molecule has 0 aliphatic heterocycles. The van der Waals surface area contributed by atoms with Gasteiger partial charge in [0.15, 0.2) is 0 Å². The van der Waals surface area contributed by atoms with E-state index in [2.05, 4.69) is 20.4 Å². The third-order valence-electron chi connectivity index (χ3n) is 3.86. The van der Waals surface area contributed by atoms with Gasteiger partial charge in [-0.3, -0.25) is 0 Å². The van der Waals surface area contributed by atoms with E-state index in [-0.39, 0.29) is 12.0 Å². The molecule has 1 aliphatic carbocycles. The summed E-state index contributed by atoms with van der Waals surface area (Å²) in [5, 5.41) is 17.4. The topological polar surface area (TPSA) is 75.3 Å². The summed E-state index contributed by atoms with van der Waals surface area (Å²) in [5.74, 6) is 1.23. The molecule has 0 radical (unpaired) electrons. The quantitative estimate of drug-likeness (QED) is 0.835. The van der Waals surface area contributed by atoms with Crippen molar-refractivity contribution in [3.8, 4) is 0 Å². The summed E-state index contributed by atoms with van der Waals surface area (Å²) in [4.78, 5) is 8.10. The number of nitrogens with one attached hydrogen (secondary N) is 1. The zero-order valence-electron chi connectivity index (χ0n) is 10.5. The molecule has 2 aromatic rings. The molecule has 19 heavy (non-hydrogen) atoms. The van der Waals surface area contributed by atoms with Crippen molar-refractivity contribution in [1.82, 2.24) is 19.6 Å². The molecular weight excluding hydrogens is 266 g/mol. The maximum Gasteiger partial charge on any atom is 0.255 e. The predicted molar refractivity (Wildman–Crippen MR) is 72.3 cm³/mol. The smallest absolute Gasteiger partial charge is 0.255 e. The third kappa shape index (κ3) is 2.37. The number of aliphatic hydroxyl groups excluding tert-OH is 1. The Hall–Kier alpha value is -1.40. The molecule has 7 heteroatoms. The molecule has 0 aromatic carbocycles. The fourth-order valence-corrected chi connectivity index (χ4v) is 2.88. The largest absolute Gasteiger partial charge is 0.396 e. The molecule has 0 bridgehead atoms. The average molecular weight is 282 g/mol. The number of hydrogen-bond acceptors (Lipinski definition) is 5. The van der Waals surface area contributed by atoms with E-state index in [1.807, 2.05) is 0 Å². The fraction of sp³-hybridized carbons (Fsp3) is 0.583. The van der Waals surface area contributed by atoms with E-state index in [4.69, 9.17) is 11.6 Å². The van der Waals surface area contributed by atoms with Crippen molar-refractivity contribution in [3.63, 3.8) is 0 Å². The predicted octanol–water partition coefficient (Wildman–Crippen LogP) is 1.74. The third-order valence-corrected chi connectivity index (χ3v) is 4.06. The van der Waals surface area contributed by atoms with Gasteiger partial charge in [0.1, 0.15) is 17.3 Å². The van der Waals surface area contributed by atoms with E-state index in [0.29, 0.717) is 17.5 Å². The highest BCUT2D eigenvalue weighted by molar-refractivity contribution is 6.29. The molecule has 2 aromatic heterocycles. The molecule has 0 amide bonds. The van der Waals surface area contributed by atoms with Crippen molar-refractivity contribution in [2.45, 2.75) is 25.7 Å². The van der Waals surface area contributed by atoms with Crippen LogP contribution in [0.3, 0.4) is 0 Å². The number of hydrogen-bond donors (Lipinski definition) is 2. The molecule has 1 fully saturated rings. The van der Waals surface area contributed by atoms with Gasteiger partial charge in [0.2, 0.25) is 0 Å². The SMILES string of the molecule is OCC1(CNc2cc(Cl)nc3ncnn23)CCCC1. The second kappa shape index (κ2) is 4.94. The van der Waals surface area contributed by atoms with Crippen LogP contribution in [0.4, 0.5) is 5.82 Å². The van der Waals surface area contributed by atoms with Crippen molar-refractivity contribution < 1.29 is 5.11 Å². The van der Waals surface area contributed by atoms with Gasteiger partial charge >= 0.3 is 0 Å². The van der Waals surface area contributed by atoms with Crippen LogP contribution in [-0.4, -0.2) is 37.8 Å². The molecule has 2 heterocycles. The summed E-state index contributed by atoms with van der Waals surface area (Å²) in [6.45, 7) is 0.915. The first-order valence-electron chi connectivity index (χ1n) is 6.43. The van der Waals surface area contributed by atoms with Gasteiger partial charge in [-0.15, -0.1) is 0 Å². The van der Waals surface area contributed by atoms with Gasteiger partial charge in [0, 0.05) is 18.0 Å². The number of aliphatic hydroxyl groups is 1. The standard InChI is InChI=1S/C12H16ClN5O/c13-9-5-10(18-11(17-9)15-8-16-18)14-6-12(7-19)3-1-2-4-12/h5,8,14,19H,1-4,6-7H2. The molecule has 0 unspecified atom stereocenters. The molecule has 2 N–H and O–H groups in total. The van der Waals surface area contributed by atoms with Crippen LogP contribution >= 0.6 is 11.6 Å². The van der Waals surface area contributed by atoms with Crippen molar-refractivity contribution in [1.29, 1.82) is 0 Å². The highest BCUT2D eigenvalue weighted by Crippen LogP contribution is 2.37. The van der Waals surface area contributed by atoms with Gasteiger partial charge in [-0.05, 0) is 12.8 Å². The lowest BCUT2D eigenvalue weighted by Gasteiger charge is -2.27. The lowest BCUT2D eigenvalue weighted by atomic mass is 9.87. The molecule has 0 atom stereocenters. The molecule has 1 aliphatic rings. The zero-order chi connectivity index (χ0) is 13.3. The Kier molecular flexibility index (Phi) is 3.28. The summed E-state index contributed by atoms with van der Waals surface area (Å²) in [6, 6.07) is 1.73.